The molecule has 6 nitrogen and oxygen atoms in total. The van der Waals surface area contributed by atoms with Gasteiger partial charge in [-0.25, -0.2) is 0 Å². The van der Waals surface area contributed by atoms with E-state index in [9.17, 15) is 14.4 Å². The summed E-state index contributed by atoms with van der Waals surface area (Å²) in [5, 5.41) is 0. The number of rotatable bonds is 53. The van der Waals surface area contributed by atoms with E-state index < -0.39 is 6.10 Å². The second kappa shape index (κ2) is 59.6. The van der Waals surface area contributed by atoms with E-state index in [1.807, 2.05) is 0 Å². The third-order valence-corrected chi connectivity index (χ3v) is 12.5. The fraction of sp³-hybridized carbons (Fsp3) is 0.682. The average Bonchev–Trinajstić information content (AvgIpc) is 3.38. The Kier molecular flexibility index (Phi) is 56.4. The lowest BCUT2D eigenvalue weighted by Gasteiger charge is -2.18. The lowest BCUT2D eigenvalue weighted by Crippen LogP contribution is -2.30. The summed E-state index contributed by atoms with van der Waals surface area (Å²) in [6.07, 6.45) is 80.9. The van der Waals surface area contributed by atoms with Gasteiger partial charge < -0.3 is 14.2 Å². The highest BCUT2D eigenvalue weighted by Crippen LogP contribution is 2.14. The zero-order valence-corrected chi connectivity index (χ0v) is 46.9. The summed E-state index contributed by atoms with van der Waals surface area (Å²) in [6, 6.07) is 0. The largest absolute Gasteiger partial charge is 0.462 e. The Morgan fingerprint density at radius 1 is 0.292 bits per heavy atom. The van der Waals surface area contributed by atoms with Gasteiger partial charge in [-0.3, -0.25) is 14.4 Å². The molecule has 0 aliphatic heterocycles. The molecule has 0 spiro atoms. The van der Waals surface area contributed by atoms with Crippen LogP contribution in [0.5, 0.6) is 0 Å². The van der Waals surface area contributed by atoms with E-state index in [4.69, 9.17) is 14.2 Å². The predicted molar refractivity (Wildman–Crippen MR) is 311 cm³/mol. The quantitative estimate of drug-likeness (QED) is 0.0261. The number of esters is 3. The van der Waals surface area contributed by atoms with Crippen LogP contribution in [0.2, 0.25) is 0 Å². The Hall–Kier alpha value is -3.93. The molecular formula is C66H110O6. The van der Waals surface area contributed by atoms with Crippen molar-refractivity contribution < 1.29 is 28.6 Å². The Morgan fingerprint density at radius 2 is 0.556 bits per heavy atom. The number of carbonyl (C=O) groups excluding carboxylic acids is 3. The molecule has 0 radical (unpaired) electrons. The molecule has 410 valence electrons. The minimum Gasteiger partial charge on any atom is -0.462 e. The molecule has 1 atom stereocenters. The zero-order chi connectivity index (χ0) is 52.2. The smallest absolute Gasteiger partial charge is 0.306 e. The SMILES string of the molecule is CC/C=C\C/C=C\C/C=C\C/C=C\CCCCC(=O)OC(COC(=O)CCCCCCC/C=C\C/C=C\CCCC)COC(=O)CCCCCCCCCCCC/C=C\C/C=C\C/C=C\CCCCCCC. The zero-order valence-electron chi connectivity index (χ0n) is 46.9. The first-order chi connectivity index (χ1) is 35.5. The summed E-state index contributed by atoms with van der Waals surface area (Å²) >= 11 is 0. The first kappa shape index (κ1) is 68.1. The minimum atomic E-state index is -0.810. The second-order valence-electron chi connectivity index (χ2n) is 19.5. The van der Waals surface area contributed by atoms with Gasteiger partial charge >= 0.3 is 17.9 Å². The molecule has 0 aliphatic rings. The molecule has 6 heteroatoms. The summed E-state index contributed by atoms with van der Waals surface area (Å²) in [4.78, 5) is 38.2. The van der Waals surface area contributed by atoms with Crippen molar-refractivity contribution >= 4 is 17.9 Å². The number of allylic oxidation sites excluding steroid dienone is 18. The van der Waals surface area contributed by atoms with Crippen molar-refractivity contribution in [2.75, 3.05) is 13.2 Å². The van der Waals surface area contributed by atoms with Crippen LogP contribution in [0.1, 0.15) is 271 Å². The Labute approximate surface area is 444 Å². The number of ether oxygens (including phenoxy) is 3. The van der Waals surface area contributed by atoms with E-state index in [-0.39, 0.29) is 37.5 Å². The second-order valence-corrected chi connectivity index (χ2v) is 19.5. The highest BCUT2D eigenvalue weighted by Gasteiger charge is 2.19. The van der Waals surface area contributed by atoms with Gasteiger partial charge in [0.15, 0.2) is 6.10 Å². The first-order valence-corrected chi connectivity index (χ1v) is 29.9. The van der Waals surface area contributed by atoms with Crippen molar-refractivity contribution in [3.8, 4) is 0 Å². The highest BCUT2D eigenvalue weighted by atomic mass is 16.6. The molecule has 0 aromatic rings. The number of carbonyl (C=O) groups is 3. The van der Waals surface area contributed by atoms with Crippen LogP contribution in [-0.4, -0.2) is 37.2 Å². The van der Waals surface area contributed by atoms with Crippen LogP contribution in [-0.2, 0) is 28.6 Å². The Bertz CT molecular complexity index is 1470. The summed E-state index contributed by atoms with van der Waals surface area (Å²) in [7, 11) is 0. The van der Waals surface area contributed by atoms with Crippen LogP contribution in [0.4, 0.5) is 0 Å². The van der Waals surface area contributed by atoms with Crippen LogP contribution in [0.15, 0.2) is 109 Å². The minimum absolute atomic E-state index is 0.103. The van der Waals surface area contributed by atoms with Crippen molar-refractivity contribution in [3.05, 3.63) is 109 Å². The van der Waals surface area contributed by atoms with E-state index in [1.54, 1.807) is 0 Å². The van der Waals surface area contributed by atoms with E-state index in [0.29, 0.717) is 19.3 Å². The van der Waals surface area contributed by atoms with Gasteiger partial charge in [0.25, 0.3) is 0 Å². The molecule has 0 rings (SSSR count). The predicted octanol–water partition coefficient (Wildman–Crippen LogP) is 20.3. The standard InChI is InChI=1S/C66H110O6/c1-4-7-10-13-16-19-22-25-28-29-30-31-32-33-34-35-36-37-39-41-44-47-50-53-56-59-65(68)71-62-63(61-70-64(67)58-55-52-49-46-43-40-27-24-21-18-15-12-9-6-3)72-66(69)60-57-54-51-48-45-42-38-26-23-20-17-14-11-8-5-2/h8,11,15,17-18,20,22,24-27,29-30,32-33,38,45,48,63H,4-7,9-10,12-14,16,19,21,23,28,31,34-37,39-44,46-47,49-62H2,1-3H3/b11-8-,18-15-,20-17-,25-22-,27-24-,30-29-,33-32-,38-26-,48-45-. The molecule has 0 fully saturated rings. The summed E-state index contributed by atoms with van der Waals surface area (Å²) in [5.41, 5.74) is 0. The molecule has 0 heterocycles. The van der Waals surface area contributed by atoms with Gasteiger partial charge in [-0.2, -0.15) is 0 Å². The van der Waals surface area contributed by atoms with Crippen molar-refractivity contribution in [3.63, 3.8) is 0 Å². The Morgan fingerprint density at radius 3 is 0.917 bits per heavy atom. The normalized spacial score (nSPS) is 12.9. The fourth-order valence-corrected chi connectivity index (χ4v) is 7.99. The maximum atomic E-state index is 12.8. The third kappa shape index (κ3) is 57.0. The van der Waals surface area contributed by atoms with Gasteiger partial charge in [0.2, 0.25) is 0 Å². The van der Waals surface area contributed by atoms with Gasteiger partial charge in [0.1, 0.15) is 13.2 Å². The molecule has 0 aliphatic carbocycles. The summed E-state index contributed by atoms with van der Waals surface area (Å²) in [6.45, 7) is 6.43. The summed E-state index contributed by atoms with van der Waals surface area (Å²) < 4.78 is 16.8. The third-order valence-electron chi connectivity index (χ3n) is 12.5. The van der Waals surface area contributed by atoms with E-state index >= 15 is 0 Å². The van der Waals surface area contributed by atoms with Crippen molar-refractivity contribution in [1.82, 2.24) is 0 Å². The lowest BCUT2D eigenvalue weighted by molar-refractivity contribution is -0.167. The number of unbranched alkanes of at least 4 members (excludes halogenated alkanes) is 24. The molecule has 72 heavy (non-hydrogen) atoms. The van der Waals surface area contributed by atoms with Gasteiger partial charge in [-0.15, -0.1) is 0 Å². The molecule has 0 amide bonds. The topological polar surface area (TPSA) is 78.9 Å². The summed E-state index contributed by atoms with van der Waals surface area (Å²) in [5.74, 6) is -0.962. The average molecular weight is 1000 g/mol. The maximum Gasteiger partial charge on any atom is 0.306 e. The van der Waals surface area contributed by atoms with E-state index in [1.165, 1.54) is 109 Å². The molecule has 0 saturated carbocycles. The van der Waals surface area contributed by atoms with Gasteiger partial charge in [-0.05, 0) is 122 Å². The molecule has 0 saturated heterocycles. The van der Waals surface area contributed by atoms with Crippen LogP contribution >= 0.6 is 0 Å². The van der Waals surface area contributed by atoms with Gasteiger partial charge in [-0.1, -0.05) is 239 Å². The molecule has 0 bridgehead atoms. The molecule has 1 unspecified atom stereocenters. The van der Waals surface area contributed by atoms with Crippen LogP contribution in [0.25, 0.3) is 0 Å². The first-order valence-electron chi connectivity index (χ1n) is 29.9. The monoisotopic (exact) mass is 999 g/mol. The number of hydrogen-bond donors (Lipinski definition) is 0. The van der Waals surface area contributed by atoms with Gasteiger partial charge in [0, 0.05) is 19.3 Å². The van der Waals surface area contributed by atoms with Crippen LogP contribution in [0, 0.1) is 0 Å². The molecule has 0 aromatic carbocycles. The van der Waals surface area contributed by atoms with Crippen molar-refractivity contribution in [2.45, 2.75) is 277 Å². The molecule has 0 aromatic heterocycles. The molecular weight excluding hydrogens is 889 g/mol. The van der Waals surface area contributed by atoms with E-state index in [0.717, 1.165) is 116 Å². The maximum absolute atomic E-state index is 12.8. The van der Waals surface area contributed by atoms with Crippen LogP contribution in [0.3, 0.4) is 0 Å². The lowest BCUT2D eigenvalue weighted by atomic mass is 10.1. The Balaban J connectivity index is 4.38. The fourth-order valence-electron chi connectivity index (χ4n) is 7.99. The molecule has 0 N–H and O–H groups in total. The van der Waals surface area contributed by atoms with Crippen molar-refractivity contribution in [1.29, 1.82) is 0 Å². The highest BCUT2D eigenvalue weighted by molar-refractivity contribution is 5.71. The van der Waals surface area contributed by atoms with Gasteiger partial charge in [0.05, 0.1) is 0 Å². The van der Waals surface area contributed by atoms with Crippen LogP contribution < -0.4 is 0 Å². The van der Waals surface area contributed by atoms with Crippen molar-refractivity contribution in [2.24, 2.45) is 0 Å². The number of hydrogen-bond acceptors (Lipinski definition) is 6. The van der Waals surface area contributed by atoms with E-state index in [2.05, 4.69) is 130 Å².